The summed E-state index contributed by atoms with van der Waals surface area (Å²) in [5, 5.41) is 46.7. The Bertz CT molecular complexity index is 1670. The highest BCUT2D eigenvalue weighted by Gasteiger charge is 2.15. The normalized spacial score (nSPS) is 11.0. The molecule has 0 fully saturated rings. The first-order chi connectivity index (χ1) is 22.4. The molecule has 0 radical (unpaired) electrons. The molecule has 0 aromatic heterocycles. The van der Waals surface area contributed by atoms with Gasteiger partial charge in [-0.3, -0.25) is 10.1 Å². The number of non-ortho nitro benzene ring substituents is 1. The van der Waals surface area contributed by atoms with Crippen LogP contribution in [0.1, 0.15) is 32.3 Å². The van der Waals surface area contributed by atoms with Crippen LogP contribution in [0.5, 0.6) is 11.5 Å². The number of ether oxygens (including phenoxy) is 2. The third-order valence-corrected chi connectivity index (χ3v) is 6.76. The lowest BCUT2D eigenvalue weighted by Crippen LogP contribution is -2.27. The second kappa shape index (κ2) is 17.0. The summed E-state index contributed by atoms with van der Waals surface area (Å²) in [7, 11) is 0. The number of hydrogen-bond acceptors (Lipinski definition) is 11. The highest BCUT2D eigenvalue weighted by Crippen LogP contribution is 2.41. The van der Waals surface area contributed by atoms with Crippen molar-refractivity contribution in [3.63, 3.8) is 0 Å². The number of hydrogen-bond donors (Lipinski definition) is 2. The molecule has 14 nitrogen and oxygen atoms in total. The minimum atomic E-state index is -1.09. The maximum Gasteiger partial charge on any atom is 0.331 e. The maximum absolute atomic E-state index is 11.3. The van der Waals surface area contributed by atoms with Crippen molar-refractivity contribution in [1.82, 2.24) is 0 Å². The highest BCUT2D eigenvalue weighted by atomic mass is 16.6. The molecule has 3 aromatic rings. The summed E-state index contributed by atoms with van der Waals surface area (Å²) in [5.41, 5.74) is 3.26. The smallest absolute Gasteiger partial charge is 0.331 e. The van der Waals surface area contributed by atoms with Gasteiger partial charge in [0.15, 0.2) is 0 Å². The summed E-state index contributed by atoms with van der Waals surface area (Å²) < 4.78 is 11.6. The SMILES string of the molecule is C=C(CCN(CCC(=C)C(=O)O)c1ccc(N=Nc2cc(OCC)c(N=Nc3ccc([N+](=O)[O-])cc3)cc2OCC)c(C)c1)C(=O)O. The fourth-order valence-electron chi connectivity index (χ4n) is 4.17. The predicted molar refractivity (Wildman–Crippen MR) is 176 cm³/mol. The van der Waals surface area contributed by atoms with E-state index in [1.165, 1.54) is 24.3 Å². The topological polar surface area (TPSA) is 189 Å². The van der Waals surface area contributed by atoms with Gasteiger partial charge in [0.1, 0.15) is 22.9 Å². The number of nitrogens with zero attached hydrogens (tertiary/aromatic N) is 6. The van der Waals surface area contributed by atoms with Gasteiger partial charge in [-0.25, -0.2) is 9.59 Å². The predicted octanol–water partition coefficient (Wildman–Crippen LogP) is 8.40. The lowest BCUT2D eigenvalue weighted by Gasteiger charge is -2.25. The number of carboxylic acid groups (broad SMARTS) is 2. The van der Waals surface area contributed by atoms with Gasteiger partial charge >= 0.3 is 11.9 Å². The van der Waals surface area contributed by atoms with Gasteiger partial charge in [0.05, 0.1) is 29.5 Å². The zero-order valence-corrected chi connectivity index (χ0v) is 26.4. The summed E-state index contributed by atoms with van der Waals surface area (Å²) in [6.45, 7) is 13.9. The van der Waals surface area contributed by atoms with Crippen molar-refractivity contribution < 1.29 is 34.2 Å². The first kappa shape index (κ1) is 35.6. The van der Waals surface area contributed by atoms with Crippen LogP contribution in [0.15, 0.2) is 99.4 Å². The average molecular weight is 645 g/mol. The first-order valence-electron chi connectivity index (χ1n) is 14.6. The van der Waals surface area contributed by atoms with Crippen LogP contribution < -0.4 is 14.4 Å². The number of azo groups is 2. The zero-order chi connectivity index (χ0) is 34.5. The maximum atomic E-state index is 11.3. The van der Waals surface area contributed by atoms with Crippen molar-refractivity contribution in [2.24, 2.45) is 20.5 Å². The molecule has 0 spiro atoms. The summed E-state index contributed by atoms with van der Waals surface area (Å²) in [5.74, 6) is -1.42. The summed E-state index contributed by atoms with van der Waals surface area (Å²) >= 11 is 0. The van der Waals surface area contributed by atoms with E-state index in [9.17, 15) is 29.9 Å². The van der Waals surface area contributed by atoms with Crippen molar-refractivity contribution in [2.75, 3.05) is 31.2 Å². The van der Waals surface area contributed by atoms with Crippen molar-refractivity contribution in [3.8, 4) is 11.5 Å². The van der Waals surface area contributed by atoms with Gasteiger partial charge in [-0.15, -0.1) is 10.2 Å². The number of carboxylic acids is 2. The number of carbonyl (C=O) groups is 2. The van der Waals surface area contributed by atoms with E-state index in [1.807, 2.05) is 31.7 Å². The molecule has 47 heavy (non-hydrogen) atoms. The first-order valence-corrected chi connectivity index (χ1v) is 14.6. The van der Waals surface area contributed by atoms with Gasteiger partial charge in [-0.1, -0.05) is 13.2 Å². The molecule has 0 bridgehead atoms. The van der Waals surface area contributed by atoms with E-state index in [1.54, 1.807) is 24.3 Å². The number of rotatable bonds is 18. The van der Waals surface area contributed by atoms with Crippen LogP contribution in [0.25, 0.3) is 0 Å². The van der Waals surface area contributed by atoms with Crippen LogP contribution in [0.4, 0.5) is 34.1 Å². The lowest BCUT2D eigenvalue weighted by atomic mass is 10.1. The molecule has 3 aromatic carbocycles. The largest absolute Gasteiger partial charge is 0.491 e. The number of benzene rings is 3. The van der Waals surface area contributed by atoms with Crippen LogP contribution >= 0.6 is 0 Å². The molecule has 14 heteroatoms. The number of nitro benzene ring substituents is 1. The van der Waals surface area contributed by atoms with Crippen molar-refractivity contribution >= 4 is 46.1 Å². The molecule has 0 atom stereocenters. The van der Waals surface area contributed by atoms with E-state index >= 15 is 0 Å². The van der Waals surface area contributed by atoms with E-state index in [4.69, 9.17) is 9.47 Å². The fourth-order valence-corrected chi connectivity index (χ4v) is 4.17. The average Bonchev–Trinajstić information content (AvgIpc) is 3.04. The molecule has 3 rings (SSSR count). The second-order valence-electron chi connectivity index (χ2n) is 10.1. The van der Waals surface area contributed by atoms with Gasteiger partial charge < -0.3 is 24.6 Å². The van der Waals surface area contributed by atoms with Gasteiger partial charge in [0.25, 0.3) is 5.69 Å². The van der Waals surface area contributed by atoms with Gasteiger partial charge in [0, 0.05) is 54.2 Å². The Morgan fingerprint density at radius 3 is 1.72 bits per heavy atom. The molecular weight excluding hydrogens is 608 g/mol. The van der Waals surface area contributed by atoms with Crippen molar-refractivity contribution in [1.29, 1.82) is 0 Å². The standard InChI is InChI=1S/C33H36N6O8/c1-6-46-30-20-29(31(47-7-2)19-28(30)36-34-24-8-10-25(11-9-24)39(44)45)37-35-27-13-12-26(18-23(27)5)38(16-14-21(3)32(40)41)17-15-22(4)33(42)43/h8-13,18-20H,3-4,6-7,14-17H2,1-2,5H3,(H,40,41)(H,42,43). The molecule has 0 saturated carbocycles. The van der Waals surface area contributed by atoms with Gasteiger partial charge in [0.2, 0.25) is 0 Å². The van der Waals surface area contributed by atoms with E-state index < -0.39 is 16.9 Å². The van der Waals surface area contributed by atoms with E-state index in [0.717, 1.165) is 11.3 Å². The van der Waals surface area contributed by atoms with Crippen LogP contribution in [0, 0.1) is 17.0 Å². The molecule has 0 aliphatic heterocycles. The van der Waals surface area contributed by atoms with Crippen LogP contribution in [0.2, 0.25) is 0 Å². The molecule has 2 N–H and O–H groups in total. The van der Waals surface area contributed by atoms with E-state index in [0.29, 0.717) is 60.6 Å². The van der Waals surface area contributed by atoms with E-state index in [2.05, 4.69) is 33.6 Å². The quantitative estimate of drug-likeness (QED) is 0.0592. The Kier molecular flexibility index (Phi) is 12.8. The Morgan fingerprint density at radius 1 is 0.787 bits per heavy atom. The second-order valence-corrected chi connectivity index (χ2v) is 10.1. The lowest BCUT2D eigenvalue weighted by molar-refractivity contribution is -0.384. The molecule has 0 amide bonds. The number of nitro groups is 1. The summed E-state index contributed by atoms with van der Waals surface area (Å²) in [4.78, 5) is 34.9. The molecule has 0 aliphatic carbocycles. The zero-order valence-electron chi connectivity index (χ0n) is 26.4. The molecular formula is C33H36N6O8. The third kappa shape index (κ3) is 10.3. The molecule has 0 aliphatic rings. The Hall–Kier alpha value is -5.92. The van der Waals surface area contributed by atoms with Crippen molar-refractivity contribution in [2.45, 2.75) is 33.6 Å². The molecule has 0 unspecified atom stereocenters. The van der Waals surface area contributed by atoms with Crippen molar-refractivity contribution in [3.05, 3.63) is 94.6 Å². The summed E-state index contributed by atoms with van der Waals surface area (Å²) in [6, 6.07) is 14.3. The minimum Gasteiger partial charge on any atom is -0.491 e. The number of aliphatic carboxylic acids is 2. The molecule has 0 heterocycles. The molecule has 0 saturated heterocycles. The van der Waals surface area contributed by atoms with E-state index in [-0.39, 0.29) is 29.7 Å². The summed E-state index contributed by atoms with van der Waals surface area (Å²) in [6.07, 6.45) is 0.363. The minimum absolute atomic E-state index is 0.0459. The number of aryl methyl sites for hydroxylation is 1. The highest BCUT2D eigenvalue weighted by molar-refractivity contribution is 5.86. The van der Waals surface area contributed by atoms with Gasteiger partial charge in [-0.2, -0.15) is 10.2 Å². The number of anilines is 1. The Labute approximate surface area is 271 Å². The fraction of sp³-hybridized carbons (Fsp3) is 0.273. The van der Waals surface area contributed by atoms with Gasteiger partial charge in [-0.05, 0) is 69.5 Å². The molecule has 246 valence electrons. The Balaban J connectivity index is 1.90. The third-order valence-electron chi connectivity index (χ3n) is 6.76. The van der Waals surface area contributed by atoms with Crippen LogP contribution in [-0.4, -0.2) is 53.4 Å². The van der Waals surface area contributed by atoms with Crippen LogP contribution in [-0.2, 0) is 9.59 Å². The monoisotopic (exact) mass is 644 g/mol. The Morgan fingerprint density at radius 2 is 1.28 bits per heavy atom. The van der Waals surface area contributed by atoms with Crippen LogP contribution in [0.3, 0.4) is 0 Å².